The Morgan fingerprint density at radius 1 is 1.06 bits per heavy atom. The van der Waals surface area contributed by atoms with Crippen LogP contribution < -0.4 is 5.32 Å². The number of carboxylic acids is 1. The van der Waals surface area contributed by atoms with E-state index < -0.39 is 18.0 Å². The average molecular weight is 451 g/mol. The minimum atomic E-state index is -0.918. The maximum Gasteiger partial charge on any atom is 0.407 e. The lowest BCUT2D eigenvalue weighted by molar-refractivity contribution is -0.140. The van der Waals surface area contributed by atoms with Gasteiger partial charge in [-0.1, -0.05) is 55.5 Å². The second-order valence-corrected chi connectivity index (χ2v) is 8.72. The van der Waals surface area contributed by atoms with E-state index >= 15 is 0 Å². The van der Waals surface area contributed by atoms with Crippen LogP contribution in [0.25, 0.3) is 11.1 Å². The molecule has 1 fully saturated rings. The molecular weight excluding hydrogens is 420 g/mol. The van der Waals surface area contributed by atoms with Crippen LogP contribution in [0.1, 0.15) is 49.7 Å². The van der Waals surface area contributed by atoms with E-state index in [1.807, 2.05) is 31.2 Å². The summed E-state index contributed by atoms with van der Waals surface area (Å²) in [6.07, 6.45) is 1.74. The number of hydrogen-bond acceptors (Lipinski definition) is 4. The summed E-state index contributed by atoms with van der Waals surface area (Å²) in [5.41, 5.74) is 4.62. The highest BCUT2D eigenvalue weighted by Gasteiger charge is 2.35. The molecule has 4 rings (SSSR count). The molecule has 1 atom stereocenters. The summed E-state index contributed by atoms with van der Waals surface area (Å²) in [5, 5.41) is 11.7. The lowest BCUT2D eigenvalue weighted by Gasteiger charge is -2.26. The van der Waals surface area contributed by atoms with Crippen molar-refractivity contribution in [2.45, 2.75) is 44.6 Å². The topological polar surface area (TPSA) is 95.9 Å². The molecule has 0 radical (unpaired) electrons. The van der Waals surface area contributed by atoms with Gasteiger partial charge in [-0.2, -0.15) is 0 Å². The average Bonchev–Trinajstić information content (AvgIpc) is 3.60. The summed E-state index contributed by atoms with van der Waals surface area (Å²) in [7, 11) is 0. The third kappa shape index (κ3) is 5.18. The molecule has 0 aliphatic heterocycles. The largest absolute Gasteiger partial charge is 0.481 e. The van der Waals surface area contributed by atoms with E-state index in [1.54, 1.807) is 4.90 Å². The molecule has 2 amide bonds. The number of aliphatic carboxylic acids is 1. The second kappa shape index (κ2) is 10.1. The van der Waals surface area contributed by atoms with Gasteiger partial charge in [0.25, 0.3) is 0 Å². The standard InChI is InChI=1S/C26H30N2O5/c1-2-17(25(31)28(18-11-12-18)14-13-24(29)30)15-27-26(32)33-16-23-21-9-5-3-7-19(21)20-8-4-6-10-22(20)23/h3-10,17-18,23H,2,11-16H2,1H3,(H,27,32)(H,29,30). The van der Waals surface area contributed by atoms with E-state index in [0.717, 1.165) is 24.0 Å². The normalized spacial score (nSPS) is 15.3. The van der Waals surface area contributed by atoms with Crippen molar-refractivity contribution in [3.63, 3.8) is 0 Å². The van der Waals surface area contributed by atoms with Crippen LogP contribution >= 0.6 is 0 Å². The summed E-state index contributed by atoms with van der Waals surface area (Å²) in [5.74, 6) is -1.44. The first-order valence-electron chi connectivity index (χ1n) is 11.6. The van der Waals surface area contributed by atoms with Crippen molar-refractivity contribution in [1.29, 1.82) is 0 Å². The number of benzene rings is 2. The maximum atomic E-state index is 13.0. The van der Waals surface area contributed by atoms with E-state index in [1.165, 1.54) is 11.1 Å². The number of carbonyl (C=O) groups excluding carboxylic acids is 2. The highest BCUT2D eigenvalue weighted by Crippen LogP contribution is 2.44. The number of carbonyl (C=O) groups is 3. The van der Waals surface area contributed by atoms with E-state index in [0.29, 0.717) is 6.42 Å². The minimum absolute atomic E-state index is 0.0202. The Kier molecular flexibility index (Phi) is 6.96. The van der Waals surface area contributed by atoms with E-state index in [2.05, 4.69) is 29.6 Å². The first-order chi connectivity index (χ1) is 16.0. The van der Waals surface area contributed by atoms with Crippen LogP contribution in [0.2, 0.25) is 0 Å². The van der Waals surface area contributed by atoms with Gasteiger partial charge >= 0.3 is 12.1 Å². The molecule has 0 bridgehead atoms. The fraction of sp³-hybridized carbons (Fsp3) is 0.423. The van der Waals surface area contributed by atoms with Crippen molar-refractivity contribution in [2.24, 2.45) is 5.92 Å². The summed E-state index contributed by atoms with van der Waals surface area (Å²) in [6.45, 7) is 2.49. The zero-order chi connectivity index (χ0) is 23.4. The van der Waals surface area contributed by atoms with Gasteiger partial charge in [-0.05, 0) is 41.5 Å². The van der Waals surface area contributed by atoms with Crippen LogP contribution in [0.5, 0.6) is 0 Å². The van der Waals surface area contributed by atoms with E-state index in [9.17, 15) is 14.4 Å². The van der Waals surface area contributed by atoms with Crippen molar-refractivity contribution < 1.29 is 24.2 Å². The molecule has 0 spiro atoms. The van der Waals surface area contributed by atoms with Crippen molar-refractivity contribution in [3.05, 3.63) is 59.7 Å². The number of ether oxygens (including phenoxy) is 1. The molecule has 174 valence electrons. The molecule has 0 heterocycles. The van der Waals surface area contributed by atoms with Crippen LogP contribution in [-0.4, -0.2) is 53.7 Å². The Labute approximate surface area is 193 Å². The number of nitrogens with one attached hydrogen (secondary N) is 1. The summed E-state index contributed by atoms with van der Waals surface area (Å²) < 4.78 is 5.56. The van der Waals surface area contributed by atoms with Gasteiger partial charge < -0.3 is 20.1 Å². The number of carboxylic acid groups (broad SMARTS) is 1. The molecule has 1 saturated carbocycles. The highest BCUT2D eigenvalue weighted by molar-refractivity contribution is 5.81. The monoisotopic (exact) mass is 450 g/mol. The zero-order valence-corrected chi connectivity index (χ0v) is 18.8. The molecule has 2 aromatic rings. The smallest absolute Gasteiger partial charge is 0.407 e. The van der Waals surface area contributed by atoms with Gasteiger partial charge in [0.05, 0.1) is 12.3 Å². The van der Waals surface area contributed by atoms with E-state index in [-0.39, 0.29) is 44.0 Å². The lowest BCUT2D eigenvalue weighted by Crippen LogP contribution is -2.43. The Morgan fingerprint density at radius 2 is 1.67 bits per heavy atom. The highest BCUT2D eigenvalue weighted by atomic mass is 16.5. The molecule has 2 N–H and O–H groups in total. The van der Waals surface area contributed by atoms with Crippen molar-refractivity contribution in [2.75, 3.05) is 19.7 Å². The predicted octanol–water partition coefficient (Wildman–Crippen LogP) is 4.02. The lowest BCUT2D eigenvalue weighted by atomic mass is 9.98. The Balaban J connectivity index is 1.32. The Bertz CT molecular complexity index is 987. The molecule has 2 aromatic carbocycles. The number of fused-ring (bicyclic) bond motifs is 3. The predicted molar refractivity (Wildman–Crippen MR) is 124 cm³/mol. The molecule has 1 unspecified atom stereocenters. The first kappa shape index (κ1) is 22.8. The fourth-order valence-corrected chi connectivity index (χ4v) is 4.57. The van der Waals surface area contributed by atoms with Gasteiger partial charge in [0, 0.05) is 25.0 Å². The van der Waals surface area contributed by atoms with Crippen molar-refractivity contribution >= 4 is 18.0 Å². The number of hydrogen-bond donors (Lipinski definition) is 2. The Hall–Kier alpha value is -3.35. The fourth-order valence-electron chi connectivity index (χ4n) is 4.57. The molecule has 33 heavy (non-hydrogen) atoms. The van der Waals surface area contributed by atoms with Gasteiger partial charge in [0.15, 0.2) is 0 Å². The number of rotatable bonds is 10. The molecule has 0 aromatic heterocycles. The van der Waals surface area contributed by atoms with Crippen molar-refractivity contribution in [3.8, 4) is 11.1 Å². The minimum Gasteiger partial charge on any atom is -0.481 e. The quantitative estimate of drug-likeness (QED) is 0.570. The summed E-state index contributed by atoms with van der Waals surface area (Å²) >= 11 is 0. The third-order valence-electron chi connectivity index (χ3n) is 6.52. The number of amides is 2. The summed E-state index contributed by atoms with van der Waals surface area (Å²) in [6, 6.07) is 16.4. The maximum absolute atomic E-state index is 13.0. The summed E-state index contributed by atoms with van der Waals surface area (Å²) in [4.78, 5) is 38.0. The van der Waals surface area contributed by atoms with Crippen LogP contribution in [0.15, 0.2) is 48.5 Å². The number of alkyl carbamates (subject to hydrolysis) is 1. The Morgan fingerprint density at radius 3 is 2.21 bits per heavy atom. The first-order valence-corrected chi connectivity index (χ1v) is 11.6. The van der Waals surface area contributed by atoms with Gasteiger partial charge in [0.1, 0.15) is 6.61 Å². The van der Waals surface area contributed by atoms with Gasteiger partial charge in [0.2, 0.25) is 5.91 Å². The zero-order valence-electron chi connectivity index (χ0n) is 18.8. The van der Waals surface area contributed by atoms with Gasteiger partial charge in [-0.15, -0.1) is 0 Å². The third-order valence-corrected chi connectivity index (χ3v) is 6.52. The van der Waals surface area contributed by atoms with Crippen LogP contribution in [0.3, 0.4) is 0 Å². The van der Waals surface area contributed by atoms with Crippen LogP contribution in [0, 0.1) is 5.92 Å². The van der Waals surface area contributed by atoms with Crippen LogP contribution in [-0.2, 0) is 14.3 Å². The van der Waals surface area contributed by atoms with Crippen molar-refractivity contribution in [1.82, 2.24) is 10.2 Å². The molecule has 7 heteroatoms. The molecule has 7 nitrogen and oxygen atoms in total. The molecular formula is C26H30N2O5. The van der Waals surface area contributed by atoms with Gasteiger partial charge in [-0.25, -0.2) is 4.79 Å². The molecule has 0 saturated heterocycles. The van der Waals surface area contributed by atoms with E-state index in [4.69, 9.17) is 9.84 Å². The molecule has 2 aliphatic carbocycles. The number of nitrogens with zero attached hydrogens (tertiary/aromatic N) is 1. The van der Waals surface area contributed by atoms with Gasteiger partial charge in [-0.3, -0.25) is 9.59 Å². The SMILES string of the molecule is CCC(CNC(=O)OCC1c2ccccc2-c2ccccc21)C(=O)N(CCC(=O)O)C1CC1. The second-order valence-electron chi connectivity index (χ2n) is 8.72. The van der Waals surface area contributed by atoms with Crippen LogP contribution in [0.4, 0.5) is 4.79 Å². The molecule has 2 aliphatic rings.